The molecule has 0 radical (unpaired) electrons. The van der Waals surface area contributed by atoms with E-state index in [9.17, 15) is 5.11 Å². The molecule has 3 rings (SSSR count). The lowest BCUT2D eigenvalue weighted by Crippen LogP contribution is -2.52. The smallest absolute Gasteiger partial charge is 0.131 e. The number of rotatable bonds is 5. The molecule has 2 N–H and O–H groups in total. The summed E-state index contributed by atoms with van der Waals surface area (Å²) >= 11 is 0. The van der Waals surface area contributed by atoms with Crippen LogP contribution in [0.4, 0.5) is 5.69 Å². The van der Waals surface area contributed by atoms with Crippen molar-refractivity contribution in [1.82, 2.24) is 5.32 Å². The summed E-state index contributed by atoms with van der Waals surface area (Å²) in [7, 11) is 4.03. The number of ether oxygens (including phenoxy) is 1. The van der Waals surface area contributed by atoms with Gasteiger partial charge in [-0.3, -0.25) is 0 Å². The number of anilines is 1. The minimum atomic E-state index is -0.637. The molecule has 0 amide bonds. The molecule has 0 spiro atoms. The Morgan fingerprint density at radius 1 is 1.12 bits per heavy atom. The van der Waals surface area contributed by atoms with Crippen molar-refractivity contribution in [2.24, 2.45) is 0 Å². The van der Waals surface area contributed by atoms with Gasteiger partial charge in [0.2, 0.25) is 0 Å². The summed E-state index contributed by atoms with van der Waals surface area (Å²) in [5.74, 6) is 0.846. The lowest BCUT2D eigenvalue weighted by atomic mass is 9.86. The van der Waals surface area contributed by atoms with Crippen LogP contribution in [0.15, 0.2) is 48.5 Å². The second-order valence-corrected chi connectivity index (χ2v) is 7.43. The minimum Gasteiger partial charge on any atom is -0.485 e. The third-order valence-electron chi connectivity index (χ3n) is 4.87. The summed E-state index contributed by atoms with van der Waals surface area (Å²) in [5.41, 5.74) is 2.76. The van der Waals surface area contributed by atoms with Gasteiger partial charge in [0.15, 0.2) is 0 Å². The summed E-state index contributed by atoms with van der Waals surface area (Å²) in [6, 6.07) is 16.4. The third kappa shape index (κ3) is 3.80. The molecular formula is C21H28N2O2. The molecule has 0 saturated heterocycles. The van der Waals surface area contributed by atoms with Gasteiger partial charge >= 0.3 is 0 Å². The van der Waals surface area contributed by atoms with E-state index in [0.717, 1.165) is 30.0 Å². The van der Waals surface area contributed by atoms with Crippen molar-refractivity contribution in [3.63, 3.8) is 0 Å². The van der Waals surface area contributed by atoms with Crippen molar-refractivity contribution in [3.8, 4) is 5.75 Å². The summed E-state index contributed by atoms with van der Waals surface area (Å²) in [6.07, 6.45) is 0.317. The standard InChI is InChI=1S/C21H28N2O2/c1-21(2)20(24)19(22-13-12-15-8-6-5-7-9-15)17-11-10-16(23(3)4)14-18(17)25-21/h5-11,14,19-20,22,24H,12-13H2,1-4H3/t19-,20?/m0/s1. The maximum absolute atomic E-state index is 10.8. The Morgan fingerprint density at radius 3 is 2.52 bits per heavy atom. The van der Waals surface area contributed by atoms with Crippen molar-refractivity contribution in [2.75, 3.05) is 25.5 Å². The second-order valence-electron chi connectivity index (χ2n) is 7.43. The largest absolute Gasteiger partial charge is 0.485 e. The molecule has 0 aromatic heterocycles. The highest BCUT2D eigenvalue weighted by atomic mass is 16.5. The van der Waals surface area contributed by atoms with E-state index in [-0.39, 0.29) is 6.04 Å². The molecule has 1 heterocycles. The van der Waals surface area contributed by atoms with E-state index in [2.05, 4.69) is 52.7 Å². The number of nitrogens with zero attached hydrogens (tertiary/aromatic N) is 1. The van der Waals surface area contributed by atoms with Gasteiger partial charge < -0.3 is 20.1 Å². The first kappa shape index (κ1) is 17.8. The molecular weight excluding hydrogens is 312 g/mol. The number of hydrogen-bond donors (Lipinski definition) is 2. The molecule has 1 aliphatic rings. The highest BCUT2D eigenvalue weighted by molar-refractivity contribution is 5.55. The molecule has 25 heavy (non-hydrogen) atoms. The van der Waals surface area contributed by atoms with Crippen LogP contribution in [0.25, 0.3) is 0 Å². The van der Waals surface area contributed by atoms with Crippen LogP contribution < -0.4 is 15.0 Å². The van der Waals surface area contributed by atoms with Gasteiger partial charge in [-0.05, 0) is 38.4 Å². The zero-order valence-corrected chi connectivity index (χ0v) is 15.5. The highest BCUT2D eigenvalue weighted by Gasteiger charge is 2.42. The van der Waals surface area contributed by atoms with Crippen LogP contribution in [0.5, 0.6) is 5.75 Å². The first-order valence-corrected chi connectivity index (χ1v) is 8.84. The lowest BCUT2D eigenvalue weighted by molar-refractivity contribution is -0.0643. The molecule has 2 aromatic carbocycles. The van der Waals surface area contributed by atoms with Crippen LogP contribution in [-0.2, 0) is 6.42 Å². The Balaban J connectivity index is 1.80. The molecule has 1 unspecified atom stereocenters. The maximum atomic E-state index is 10.8. The molecule has 0 bridgehead atoms. The normalized spacial score (nSPS) is 21.3. The molecule has 4 nitrogen and oxygen atoms in total. The van der Waals surface area contributed by atoms with E-state index in [1.165, 1.54) is 5.56 Å². The second kappa shape index (κ2) is 7.06. The minimum absolute atomic E-state index is 0.140. The van der Waals surface area contributed by atoms with Crippen LogP contribution in [-0.4, -0.2) is 37.5 Å². The van der Waals surface area contributed by atoms with Gasteiger partial charge in [0.05, 0.1) is 6.04 Å². The number of aliphatic hydroxyl groups excluding tert-OH is 1. The predicted octanol–water partition coefficient (Wildman–Crippen LogP) is 3.16. The zero-order valence-electron chi connectivity index (χ0n) is 15.5. The molecule has 2 aromatic rings. The lowest BCUT2D eigenvalue weighted by Gasteiger charge is -2.42. The van der Waals surface area contributed by atoms with E-state index in [1.807, 2.05) is 34.0 Å². The Morgan fingerprint density at radius 2 is 1.84 bits per heavy atom. The van der Waals surface area contributed by atoms with Crippen molar-refractivity contribution in [3.05, 3.63) is 59.7 Å². The van der Waals surface area contributed by atoms with Gasteiger partial charge in [-0.2, -0.15) is 0 Å². The number of fused-ring (bicyclic) bond motifs is 1. The van der Waals surface area contributed by atoms with Gasteiger partial charge in [-0.25, -0.2) is 0 Å². The average Bonchev–Trinajstić information content (AvgIpc) is 2.58. The van der Waals surface area contributed by atoms with Crippen LogP contribution in [0, 0.1) is 0 Å². The van der Waals surface area contributed by atoms with Crippen LogP contribution in [0.1, 0.15) is 31.0 Å². The Hall–Kier alpha value is -2.04. The summed E-state index contributed by atoms with van der Waals surface area (Å²) in [6.45, 7) is 4.68. The predicted molar refractivity (Wildman–Crippen MR) is 102 cm³/mol. The highest BCUT2D eigenvalue weighted by Crippen LogP contribution is 2.41. The summed E-state index contributed by atoms with van der Waals surface area (Å²) in [4.78, 5) is 2.06. The monoisotopic (exact) mass is 340 g/mol. The first-order chi connectivity index (χ1) is 11.9. The van der Waals surface area contributed by atoms with Crippen molar-refractivity contribution in [2.45, 2.75) is 38.0 Å². The fourth-order valence-electron chi connectivity index (χ4n) is 3.30. The Labute approximate surface area is 150 Å². The average molecular weight is 340 g/mol. The van der Waals surface area contributed by atoms with Gasteiger partial charge in [-0.15, -0.1) is 0 Å². The van der Waals surface area contributed by atoms with E-state index in [0.29, 0.717) is 0 Å². The van der Waals surface area contributed by atoms with Crippen molar-refractivity contribution in [1.29, 1.82) is 0 Å². The molecule has 0 fully saturated rings. The Kier molecular flexibility index (Phi) is 5.02. The fraction of sp³-hybridized carbons (Fsp3) is 0.429. The SMILES string of the molecule is CN(C)c1ccc2c(c1)OC(C)(C)C(O)[C@H]2NCCc1ccccc1. The first-order valence-electron chi connectivity index (χ1n) is 8.84. The molecule has 1 aliphatic heterocycles. The van der Waals surface area contributed by atoms with Gasteiger partial charge in [0.25, 0.3) is 0 Å². The molecule has 2 atom stereocenters. The summed E-state index contributed by atoms with van der Waals surface area (Å²) in [5, 5.41) is 14.4. The van der Waals surface area contributed by atoms with E-state index < -0.39 is 11.7 Å². The number of nitrogens with one attached hydrogen (secondary N) is 1. The van der Waals surface area contributed by atoms with Crippen molar-refractivity contribution < 1.29 is 9.84 Å². The molecule has 0 saturated carbocycles. The quantitative estimate of drug-likeness (QED) is 0.878. The van der Waals surface area contributed by atoms with Crippen LogP contribution in [0.2, 0.25) is 0 Å². The Bertz CT molecular complexity index is 713. The van der Waals surface area contributed by atoms with Gasteiger partial charge in [0.1, 0.15) is 17.5 Å². The summed E-state index contributed by atoms with van der Waals surface area (Å²) < 4.78 is 6.10. The number of benzene rings is 2. The zero-order chi connectivity index (χ0) is 18.0. The number of hydrogen-bond acceptors (Lipinski definition) is 4. The van der Waals surface area contributed by atoms with Crippen LogP contribution >= 0.6 is 0 Å². The van der Waals surface area contributed by atoms with E-state index >= 15 is 0 Å². The maximum Gasteiger partial charge on any atom is 0.131 e. The van der Waals surface area contributed by atoms with Gasteiger partial charge in [-0.1, -0.05) is 36.4 Å². The fourth-order valence-corrected chi connectivity index (χ4v) is 3.30. The topological polar surface area (TPSA) is 44.7 Å². The molecule has 4 heteroatoms. The molecule has 134 valence electrons. The van der Waals surface area contributed by atoms with E-state index in [4.69, 9.17) is 4.74 Å². The van der Waals surface area contributed by atoms with Crippen LogP contribution in [0.3, 0.4) is 0 Å². The van der Waals surface area contributed by atoms with Gasteiger partial charge in [0, 0.05) is 31.4 Å². The van der Waals surface area contributed by atoms with E-state index in [1.54, 1.807) is 0 Å². The van der Waals surface area contributed by atoms with Crippen molar-refractivity contribution >= 4 is 5.69 Å². The third-order valence-corrected chi connectivity index (χ3v) is 4.87. The molecule has 0 aliphatic carbocycles. The number of aliphatic hydroxyl groups is 1.